The summed E-state index contributed by atoms with van der Waals surface area (Å²) in [7, 11) is -1.58. The van der Waals surface area contributed by atoms with Crippen molar-refractivity contribution < 1.29 is 22.7 Å². The molecule has 1 atom stereocenters. The van der Waals surface area contributed by atoms with Crippen molar-refractivity contribution in [2.24, 2.45) is 0 Å². The highest BCUT2D eigenvalue weighted by atomic mass is 35.5. The molecule has 7 nitrogen and oxygen atoms in total. The fourth-order valence-corrected chi connectivity index (χ4v) is 4.16. The molecule has 2 rings (SSSR count). The lowest BCUT2D eigenvalue weighted by atomic mass is 10.2. The van der Waals surface area contributed by atoms with Crippen LogP contribution in [0.15, 0.2) is 18.2 Å². The maximum atomic E-state index is 12.0. The zero-order valence-electron chi connectivity index (χ0n) is 12.5. The van der Waals surface area contributed by atoms with Crippen LogP contribution in [0.25, 0.3) is 0 Å². The van der Waals surface area contributed by atoms with Crippen molar-refractivity contribution in [1.29, 1.82) is 0 Å². The Balaban J connectivity index is 1.91. The first-order valence-corrected chi connectivity index (χ1v) is 9.08. The van der Waals surface area contributed by atoms with Gasteiger partial charge in [-0.2, -0.15) is 0 Å². The molecule has 126 valence electrons. The van der Waals surface area contributed by atoms with Crippen LogP contribution < -0.4 is 5.73 Å². The van der Waals surface area contributed by atoms with Gasteiger partial charge >= 0.3 is 5.97 Å². The van der Waals surface area contributed by atoms with E-state index in [4.69, 9.17) is 22.1 Å². The number of nitrogen functional groups attached to an aromatic ring is 1. The summed E-state index contributed by atoms with van der Waals surface area (Å²) in [4.78, 5) is 25.2. The molecule has 9 heteroatoms. The molecular weight excluding hydrogens is 344 g/mol. The Hall–Kier alpha value is -1.80. The van der Waals surface area contributed by atoms with Gasteiger partial charge in [-0.25, -0.2) is 13.2 Å². The van der Waals surface area contributed by atoms with Gasteiger partial charge in [0, 0.05) is 13.1 Å². The minimum absolute atomic E-state index is 0.0586. The number of hydrogen-bond donors (Lipinski definition) is 1. The SMILES string of the molecule is CN(C(=O)COC(=O)c1ccc(Cl)c(N)c1)[C@@H]1CCS(=O)(=O)C1. The Morgan fingerprint density at radius 2 is 2.13 bits per heavy atom. The molecule has 2 N–H and O–H groups in total. The van der Waals surface area contributed by atoms with Crippen molar-refractivity contribution in [3.05, 3.63) is 28.8 Å². The highest BCUT2D eigenvalue weighted by Crippen LogP contribution is 2.20. The van der Waals surface area contributed by atoms with Crippen molar-refractivity contribution >= 4 is 39.0 Å². The molecule has 1 heterocycles. The van der Waals surface area contributed by atoms with Crippen molar-refractivity contribution in [3.8, 4) is 0 Å². The van der Waals surface area contributed by atoms with Gasteiger partial charge in [0.05, 0.1) is 27.8 Å². The van der Waals surface area contributed by atoms with Crippen molar-refractivity contribution in [2.75, 3.05) is 30.9 Å². The lowest BCUT2D eigenvalue weighted by Crippen LogP contribution is -2.40. The normalized spacial score (nSPS) is 19.3. The van der Waals surface area contributed by atoms with E-state index in [1.54, 1.807) is 0 Å². The largest absolute Gasteiger partial charge is 0.452 e. The fraction of sp³-hybridized carbons (Fsp3) is 0.429. The number of benzene rings is 1. The second kappa shape index (κ2) is 6.76. The van der Waals surface area contributed by atoms with Crippen molar-refractivity contribution in [2.45, 2.75) is 12.5 Å². The lowest BCUT2D eigenvalue weighted by Gasteiger charge is -2.23. The predicted octanol–water partition coefficient (Wildman–Crippen LogP) is 0.725. The van der Waals surface area contributed by atoms with Crippen LogP contribution >= 0.6 is 11.6 Å². The third kappa shape index (κ3) is 4.35. The molecule has 1 saturated heterocycles. The van der Waals surface area contributed by atoms with Gasteiger partial charge in [-0.15, -0.1) is 0 Å². The summed E-state index contributed by atoms with van der Waals surface area (Å²) >= 11 is 5.76. The monoisotopic (exact) mass is 360 g/mol. The van der Waals surface area contributed by atoms with E-state index in [1.807, 2.05) is 0 Å². The molecule has 0 aliphatic carbocycles. The minimum atomic E-state index is -3.09. The first-order valence-electron chi connectivity index (χ1n) is 6.88. The van der Waals surface area contributed by atoms with Gasteiger partial charge in [-0.05, 0) is 24.6 Å². The van der Waals surface area contributed by atoms with Crippen LogP contribution in [-0.4, -0.2) is 56.4 Å². The van der Waals surface area contributed by atoms with E-state index in [-0.39, 0.29) is 28.8 Å². The number of sulfone groups is 1. The topological polar surface area (TPSA) is 107 Å². The van der Waals surface area contributed by atoms with Crippen LogP contribution in [-0.2, 0) is 19.4 Å². The molecule has 0 saturated carbocycles. The second-order valence-electron chi connectivity index (χ2n) is 5.37. The molecule has 0 unspecified atom stereocenters. The Kier molecular flexibility index (Phi) is 5.16. The molecule has 1 aromatic rings. The number of carbonyl (C=O) groups is 2. The van der Waals surface area contributed by atoms with E-state index in [0.717, 1.165) is 0 Å². The standard InChI is InChI=1S/C14H17ClN2O5S/c1-17(10-4-5-23(20,21)8-10)13(18)7-22-14(19)9-2-3-11(15)12(16)6-9/h2-3,6,10H,4-5,7-8,16H2,1H3/t10-/m1/s1. The number of ether oxygens (including phenoxy) is 1. The zero-order chi connectivity index (χ0) is 17.2. The smallest absolute Gasteiger partial charge is 0.338 e. The fourth-order valence-electron chi connectivity index (χ4n) is 2.27. The van der Waals surface area contributed by atoms with Crippen LogP contribution in [0.4, 0.5) is 5.69 Å². The number of hydrogen-bond acceptors (Lipinski definition) is 6. The van der Waals surface area contributed by atoms with Gasteiger partial charge in [0.15, 0.2) is 16.4 Å². The molecule has 1 aromatic carbocycles. The summed E-state index contributed by atoms with van der Waals surface area (Å²) in [6.45, 7) is -0.464. The highest BCUT2D eigenvalue weighted by Gasteiger charge is 2.32. The minimum Gasteiger partial charge on any atom is -0.452 e. The molecule has 0 radical (unpaired) electrons. The maximum Gasteiger partial charge on any atom is 0.338 e. The molecule has 0 bridgehead atoms. The molecule has 1 fully saturated rings. The molecule has 0 aromatic heterocycles. The Morgan fingerprint density at radius 1 is 1.43 bits per heavy atom. The Morgan fingerprint density at radius 3 is 2.70 bits per heavy atom. The number of likely N-dealkylation sites (N-methyl/N-ethyl adjacent to an activating group) is 1. The molecule has 1 amide bonds. The van der Waals surface area contributed by atoms with E-state index in [0.29, 0.717) is 11.4 Å². The van der Waals surface area contributed by atoms with Crippen molar-refractivity contribution in [1.82, 2.24) is 4.90 Å². The van der Waals surface area contributed by atoms with Crippen LogP contribution in [0.3, 0.4) is 0 Å². The summed E-state index contributed by atoms with van der Waals surface area (Å²) in [5.74, 6) is -1.15. The zero-order valence-corrected chi connectivity index (χ0v) is 14.1. The maximum absolute atomic E-state index is 12.0. The first kappa shape index (κ1) is 17.6. The van der Waals surface area contributed by atoms with Gasteiger partial charge in [0.25, 0.3) is 5.91 Å². The van der Waals surface area contributed by atoms with E-state index < -0.39 is 28.3 Å². The third-order valence-corrected chi connectivity index (χ3v) is 5.80. The number of esters is 1. The second-order valence-corrected chi connectivity index (χ2v) is 8.01. The summed E-state index contributed by atoms with van der Waals surface area (Å²) in [5.41, 5.74) is 6.02. The number of nitrogens with zero attached hydrogens (tertiary/aromatic N) is 1. The van der Waals surface area contributed by atoms with E-state index in [9.17, 15) is 18.0 Å². The molecule has 23 heavy (non-hydrogen) atoms. The summed E-state index contributed by atoms with van der Waals surface area (Å²) < 4.78 is 27.8. The van der Waals surface area contributed by atoms with Crippen LogP contribution in [0.5, 0.6) is 0 Å². The number of rotatable bonds is 4. The van der Waals surface area contributed by atoms with Gasteiger partial charge in [0.1, 0.15) is 0 Å². The number of amides is 1. The van der Waals surface area contributed by atoms with Gasteiger partial charge < -0.3 is 15.4 Å². The van der Waals surface area contributed by atoms with Crippen LogP contribution in [0.2, 0.25) is 5.02 Å². The van der Waals surface area contributed by atoms with Crippen LogP contribution in [0.1, 0.15) is 16.8 Å². The average Bonchev–Trinajstić information content (AvgIpc) is 2.86. The summed E-state index contributed by atoms with van der Waals surface area (Å²) in [6.07, 6.45) is 0.395. The van der Waals surface area contributed by atoms with Gasteiger partial charge in [-0.1, -0.05) is 11.6 Å². The van der Waals surface area contributed by atoms with Gasteiger partial charge in [0.2, 0.25) is 0 Å². The molecule has 1 aliphatic rings. The molecule has 1 aliphatic heterocycles. The first-order chi connectivity index (χ1) is 10.7. The lowest BCUT2D eigenvalue weighted by molar-refractivity contribution is -0.134. The predicted molar refractivity (Wildman–Crippen MR) is 86.0 cm³/mol. The third-order valence-electron chi connectivity index (χ3n) is 3.71. The Bertz CT molecular complexity index is 735. The highest BCUT2D eigenvalue weighted by molar-refractivity contribution is 7.91. The molecular formula is C14H17ClN2O5S. The van der Waals surface area contributed by atoms with Crippen LogP contribution in [0, 0.1) is 0 Å². The quantitative estimate of drug-likeness (QED) is 0.626. The number of carbonyl (C=O) groups excluding carboxylic acids is 2. The van der Waals surface area contributed by atoms with Crippen molar-refractivity contribution in [3.63, 3.8) is 0 Å². The molecule has 0 spiro atoms. The summed E-state index contributed by atoms with van der Waals surface area (Å²) in [6, 6.07) is 3.89. The van der Waals surface area contributed by atoms with Gasteiger partial charge in [-0.3, -0.25) is 4.79 Å². The van der Waals surface area contributed by atoms with E-state index in [2.05, 4.69) is 0 Å². The van der Waals surface area contributed by atoms with E-state index >= 15 is 0 Å². The summed E-state index contributed by atoms with van der Waals surface area (Å²) in [5, 5.41) is 0.319. The number of halogens is 1. The number of nitrogens with two attached hydrogens (primary N) is 1. The Labute approximate surface area is 139 Å². The number of anilines is 1. The van der Waals surface area contributed by atoms with E-state index in [1.165, 1.54) is 30.1 Å². The average molecular weight is 361 g/mol.